The molecule has 0 radical (unpaired) electrons. The number of benzene rings is 2. The van der Waals surface area contributed by atoms with Crippen molar-refractivity contribution < 1.29 is 57.2 Å². The molecule has 2 aromatic rings. The Morgan fingerprint density at radius 1 is 0.486 bits per heavy atom. The zero-order valence-corrected chi connectivity index (χ0v) is 41.4. The number of fused-ring (bicyclic) bond motifs is 10. The molecule has 0 heterocycles. The van der Waals surface area contributed by atoms with Crippen LogP contribution in [0.3, 0.4) is 0 Å². The van der Waals surface area contributed by atoms with Gasteiger partial charge in [-0.2, -0.15) is 0 Å². The van der Waals surface area contributed by atoms with E-state index in [2.05, 4.69) is 27.7 Å². The largest absolute Gasteiger partial charge is 0.508 e. The van der Waals surface area contributed by atoms with Crippen molar-refractivity contribution in [2.45, 2.75) is 169 Å². The summed E-state index contributed by atoms with van der Waals surface area (Å²) in [6, 6.07) is 13.3. The fraction of sp³-hybridized carbons (Fsp3) is 0.621. The van der Waals surface area contributed by atoms with Crippen molar-refractivity contribution in [3.63, 3.8) is 0 Å². The van der Waals surface area contributed by atoms with Crippen LogP contribution in [0.1, 0.15) is 154 Å². The molecule has 0 unspecified atom stereocenters. The first kappa shape index (κ1) is 48.4. The average molecular weight is 959 g/mol. The molecule has 0 aromatic heterocycles. The Labute approximate surface area is 412 Å². The predicted molar refractivity (Wildman–Crippen MR) is 257 cm³/mol. The molecular formula is C58H70O12. The number of carbonyl (C=O) groups excluding carboxylic acids is 6. The molecule has 2 aromatic carbocycles. The second-order valence-corrected chi connectivity index (χ2v) is 23.2. The highest BCUT2D eigenvalue weighted by molar-refractivity contribution is 5.92. The lowest BCUT2D eigenvalue weighted by Crippen LogP contribution is -2.51. The van der Waals surface area contributed by atoms with Gasteiger partial charge in [-0.1, -0.05) is 63.1 Å². The maximum atomic E-state index is 13.0. The minimum absolute atomic E-state index is 0.00993. The van der Waals surface area contributed by atoms with Gasteiger partial charge >= 0.3 is 24.2 Å². The van der Waals surface area contributed by atoms with Crippen LogP contribution in [0.2, 0.25) is 0 Å². The van der Waals surface area contributed by atoms with Crippen LogP contribution >= 0.6 is 0 Å². The molecule has 374 valence electrons. The molecule has 8 aliphatic rings. The third-order valence-electron chi connectivity index (χ3n) is 19.8. The van der Waals surface area contributed by atoms with E-state index in [1.807, 2.05) is 12.2 Å². The summed E-state index contributed by atoms with van der Waals surface area (Å²) in [6.07, 6.45) is 17.0. The summed E-state index contributed by atoms with van der Waals surface area (Å²) in [5, 5.41) is 0. The summed E-state index contributed by atoms with van der Waals surface area (Å²) in [5.41, 5.74) is 4.14. The van der Waals surface area contributed by atoms with Crippen molar-refractivity contribution in [1.29, 1.82) is 0 Å². The maximum Gasteiger partial charge on any atom is 0.508 e. The van der Waals surface area contributed by atoms with Gasteiger partial charge in [-0.25, -0.2) is 9.59 Å². The Morgan fingerprint density at radius 2 is 0.886 bits per heavy atom. The van der Waals surface area contributed by atoms with Crippen molar-refractivity contribution >= 4 is 35.8 Å². The standard InChI is InChI=1S/C58H70O12/c1-55-27-23-39(59)31-37(55)9-15-43-45-17-19-49(57(45,3)29-25-47(43)55)69-53(63)65-33-35-5-11-41(12-6-35)67-51(61)21-22-52(62)68-42-13-7-36(8-14-42)34-66-54(64)70-50-20-18-46-44-16-10-38-32-40(60)24-28-56(38,2)48(44)26-30-58(46,50)4/h5-8,11-14,31-32,43-50H,9-10,15-30,33-34H2,1-4H3/t43-,44-,45-,46-,47-,48-,49-,50-,55-,56-,57-,58-/m0/s1. The Kier molecular flexibility index (Phi) is 13.2. The van der Waals surface area contributed by atoms with Gasteiger partial charge in [0.2, 0.25) is 0 Å². The van der Waals surface area contributed by atoms with Gasteiger partial charge in [0.25, 0.3) is 0 Å². The molecule has 6 fully saturated rings. The zero-order chi connectivity index (χ0) is 49.0. The quantitative estimate of drug-likeness (QED) is 0.155. The van der Waals surface area contributed by atoms with E-state index >= 15 is 0 Å². The molecule has 10 rings (SSSR count). The van der Waals surface area contributed by atoms with E-state index in [9.17, 15) is 28.8 Å². The number of allylic oxidation sites excluding steroid dienone is 2. The van der Waals surface area contributed by atoms with Crippen molar-refractivity contribution in [2.75, 3.05) is 0 Å². The van der Waals surface area contributed by atoms with E-state index in [1.165, 1.54) is 11.1 Å². The monoisotopic (exact) mass is 958 g/mol. The Balaban J connectivity index is 0.614. The second-order valence-electron chi connectivity index (χ2n) is 23.2. The molecule has 12 heteroatoms. The minimum Gasteiger partial charge on any atom is -0.430 e. The SMILES string of the molecule is C[C@]12CC[C@H]3[C@@H](CCC4=CC(=O)CC[C@@]43C)[C@@H]1CC[C@@H]2OC(=O)OCc1ccc(OC(=O)CCC(=O)Oc2ccc(COC(=O)O[C@H]3CC[C@H]4[C@@H]5CCC6=CC(=O)CC[C@]6(C)[C@H]5CC[C@]34C)cc2)cc1. The van der Waals surface area contributed by atoms with Gasteiger partial charge in [0.05, 0.1) is 12.8 Å². The highest BCUT2D eigenvalue weighted by Crippen LogP contribution is 2.67. The third kappa shape index (κ3) is 9.14. The summed E-state index contributed by atoms with van der Waals surface area (Å²) in [4.78, 5) is 75.7. The predicted octanol–water partition coefficient (Wildman–Crippen LogP) is 12.1. The van der Waals surface area contributed by atoms with Crippen LogP contribution in [0.25, 0.3) is 0 Å². The van der Waals surface area contributed by atoms with E-state index < -0.39 is 24.2 Å². The van der Waals surface area contributed by atoms with Crippen LogP contribution < -0.4 is 9.47 Å². The molecule has 0 saturated heterocycles. The Hall–Kier alpha value is -5.26. The normalized spacial score (nSPS) is 36.0. The number of rotatable bonds is 11. The number of ketones is 2. The molecule has 0 bridgehead atoms. The average Bonchev–Trinajstić information content (AvgIpc) is 3.85. The summed E-state index contributed by atoms with van der Waals surface area (Å²) in [5.74, 6) is 3.19. The first-order chi connectivity index (χ1) is 33.5. The lowest BCUT2D eigenvalue weighted by Gasteiger charge is -2.57. The van der Waals surface area contributed by atoms with E-state index in [4.69, 9.17) is 28.4 Å². The number of ether oxygens (including phenoxy) is 6. The molecule has 70 heavy (non-hydrogen) atoms. The smallest absolute Gasteiger partial charge is 0.430 e. The van der Waals surface area contributed by atoms with Crippen LogP contribution in [0.15, 0.2) is 71.8 Å². The van der Waals surface area contributed by atoms with Crippen molar-refractivity contribution in [3.05, 3.63) is 83.0 Å². The van der Waals surface area contributed by atoms with E-state index in [0.717, 1.165) is 89.9 Å². The second kappa shape index (κ2) is 19.1. The first-order valence-corrected chi connectivity index (χ1v) is 26.3. The van der Waals surface area contributed by atoms with Gasteiger partial charge in [-0.3, -0.25) is 19.2 Å². The van der Waals surface area contributed by atoms with Crippen LogP contribution in [0.4, 0.5) is 9.59 Å². The molecule has 0 spiro atoms. The van der Waals surface area contributed by atoms with Crippen LogP contribution in [-0.4, -0.2) is 48.0 Å². The molecule has 12 atom stereocenters. The number of hydrogen-bond donors (Lipinski definition) is 0. The van der Waals surface area contributed by atoms with Gasteiger partial charge in [-0.15, -0.1) is 0 Å². The Morgan fingerprint density at radius 3 is 1.29 bits per heavy atom. The molecule has 8 aliphatic carbocycles. The van der Waals surface area contributed by atoms with Crippen LogP contribution in [0, 0.1) is 57.2 Å². The maximum absolute atomic E-state index is 13.0. The molecule has 6 saturated carbocycles. The minimum atomic E-state index is -0.680. The van der Waals surface area contributed by atoms with Gasteiger partial charge in [-0.05, 0) is 184 Å². The summed E-state index contributed by atoms with van der Waals surface area (Å²) in [6.45, 7) is 9.36. The van der Waals surface area contributed by atoms with Crippen molar-refractivity contribution in [1.82, 2.24) is 0 Å². The molecule has 0 N–H and O–H groups in total. The van der Waals surface area contributed by atoms with Gasteiger partial charge in [0.1, 0.15) is 36.9 Å². The highest BCUT2D eigenvalue weighted by Gasteiger charge is 2.62. The van der Waals surface area contributed by atoms with E-state index in [1.54, 1.807) is 48.5 Å². The van der Waals surface area contributed by atoms with E-state index in [-0.39, 0.29) is 71.5 Å². The molecule has 0 aliphatic heterocycles. The number of hydrogen-bond acceptors (Lipinski definition) is 12. The molecule has 0 amide bonds. The fourth-order valence-electron chi connectivity index (χ4n) is 15.9. The molecule has 12 nitrogen and oxygen atoms in total. The lowest BCUT2D eigenvalue weighted by molar-refractivity contribution is -0.140. The lowest BCUT2D eigenvalue weighted by atomic mass is 9.47. The summed E-state index contributed by atoms with van der Waals surface area (Å²) >= 11 is 0. The first-order valence-electron chi connectivity index (χ1n) is 26.3. The fourth-order valence-corrected chi connectivity index (χ4v) is 15.9. The van der Waals surface area contributed by atoms with Crippen molar-refractivity contribution in [3.8, 4) is 11.5 Å². The molecular weight excluding hydrogens is 889 g/mol. The zero-order valence-electron chi connectivity index (χ0n) is 41.4. The van der Waals surface area contributed by atoms with Gasteiger partial charge < -0.3 is 28.4 Å². The van der Waals surface area contributed by atoms with Gasteiger partial charge in [0, 0.05) is 23.7 Å². The number of esters is 2. The topological polar surface area (TPSA) is 158 Å². The Bertz CT molecular complexity index is 2280. The number of carbonyl (C=O) groups is 6. The third-order valence-corrected chi connectivity index (χ3v) is 19.8. The van der Waals surface area contributed by atoms with Gasteiger partial charge in [0.15, 0.2) is 11.6 Å². The summed E-state index contributed by atoms with van der Waals surface area (Å²) in [7, 11) is 0. The van der Waals surface area contributed by atoms with Crippen molar-refractivity contribution in [2.24, 2.45) is 57.2 Å². The van der Waals surface area contributed by atoms with Crippen LogP contribution in [0.5, 0.6) is 11.5 Å². The van der Waals surface area contributed by atoms with E-state index in [0.29, 0.717) is 71.0 Å². The highest BCUT2D eigenvalue weighted by atomic mass is 16.7. The summed E-state index contributed by atoms with van der Waals surface area (Å²) < 4.78 is 34.0. The van der Waals surface area contributed by atoms with Crippen LogP contribution in [-0.2, 0) is 51.3 Å².